The minimum absolute atomic E-state index is 1.07. The van der Waals surface area contributed by atoms with Gasteiger partial charge in [0.1, 0.15) is 0 Å². The zero-order chi connectivity index (χ0) is 5.66. The molecule has 0 aromatic heterocycles. The molecule has 0 radical (unpaired) electrons. The Morgan fingerprint density at radius 2 is 1.00 bits per heavy atom. The Labute approximate surface area is 85.8 Å². The molecule has 0 atom stereocenters. The zero-order valence-corrected chi connectivity index (χ0v) is 15.2. The molecule has 8 heteroatoms. The van der Waals surface area contributed by atoms with Gasteiger partial charge in [0.2, 0.25) is 0 Å². The van der Waals surface area contributed by atoms with Crippen LogP contribution in [-0.4, -0.2) is 70.7 Å². The van der Waals surface area contributed by atoms with Crippen molar-refractivity contribution in [3.63, 3.8) is 0 Å². The van der Waals surface area contributed by atoms with Crippen molar-refractivity contribution >= 4 is 87.9 Å². The molecule has 1 aliphatic rings. The van der Waals surface area contributed by atoms with E-state index in [1.54, 1.807) is 0 Å². The van der Waals surface area contributed by atoms with E-state index in [0.717, 1.165) is 70.7 Å². The van der Waals surface area contributed by atoms with Crippen LogP contribution in [0.25, 0.3) is 0 Å². The van der Waals surface area contributed by atoms with Crippen LogP contribution in [0.4, 0.5) is 0 Å². The summed E-state index contributed by atoms with van der Waals surface area (Å²) in [5.41, 5.74) is 0. The molecule has 1 heterocycles. The van der Waals surface area contributed by atoms with Crippen LogP contribution in [0, 0.1) is 0 Å². The van der Waals surface area contributed by atoms with Gasteiger partial charge in [0.15, 0.2) is 0 Å². The fourth-order valence-electron chi connectivity index (χ4n) is 0.0907. The van der Waals surface area contributed by atoms with Gasteiger partial charge in [0, 0.05) is 0 Å². The van der Waals surface area contributed by atoms with E-state index >= 15 is 0 Å². The quantitative estimate of drug-likeness (QED) is 0.364. The average molecular weight is 538 g/mol. The Morgan fingerprint density at radius 1 is 0.625 bits per heavy atom. The molecule has 0 amide bonds. The molecule has 0 aliphatic carbocycles. The number of hydrogen-bond acceptors (Lipinski definition) is 2. The summed E-state index contributed by atoms with van der Waals surface area (Å²) in [6, 6.07) is 0. The Morgan fingerprint density at radius 3 is 1.38 bits per heavy atom. The molecular formula is S2Se6. The standard InChI is InChI=1S/S2Se6/c1-3-7-5-2-6-8-4-1. The second-order valence-corrected chi connectivity index (χ2v) is 52.2. The van der Waals surface area contributed by atoms with Crippen LogP contribution in [0.5, 0.6) is 0 Å². The average Bonchev–Trinajstić information content (AvgIpc) is 1.62. The Hall–Kier alpha value is 3.82. The SMILES string of the molecule is S1[Se][Se][Se]S[Se][Se][Se]1. The van der Waals surface area contributed by atoms with Crippen molar-refractivity contribution in [1.82, 2.24) is 0 Å². The third kappa shape index (κ3) is 5.47. The van der Waals surface area contributed by atoms with Crippen LogP contribution in [0.2, 0.25) is 0 Å². The molecule has 8 heavy (non-hydrogen) atoms. The first kappa shape index (κ1) is 9.90. The molecule has 0 nitrogen and oxygen atoms in total. The van der Waals surface area contributed by atoms with Crippen molar-refractivity contribution in [3.05, 3.63) is 0 Å². The molecule has 0 spiro atoms. The summed E-state index contributed by atoms with van der Waals surface area (Å²) in [6.45, 7) is 0. The molecule has 0 bridgehead atoms. The molecule has 0 unspecified atom stereocenters. The van der Waals surface area contributed by atoms with Gasteiger partial charge in [-0.1, -0.05) is 0 Å². The van der Waals surface area contributed by atoms with Gasteiger partial charge in [-0.05, 0) is 0 Å². The summed E-state index contributed by atoms with van der Waals surface area (Å²) in [7, 11) is 4.66. The fourth-order valence-corrected chi connectivity index (χ4v) is 177. The first-order valence-electron chi connectivity index (χ1n) is 1.33. The maximum atomic E-state index is 2.33. The molecule has 0 N–H and O–H groups in total. The topological polar surface area (TPSA) is 0 Å². The van der Waals surface area contributed by atoms with Crippen molar-refractivity contribution in [2.75, 3.05) is 0 Å². The molecule has 48 valence electrons. The molecule has 0 aromatic carbocycles. The number of hydrogen-bond donors (Lipinski definition) is 0. The fraction of sp³-hybridized carbons (Fsp3) is 0. The van der Waals surface area contributed by atoms with E-state index in [9.17, 15) is 0 Å². The summed E-state index contributed by atoms with van der Waals surface area (Å²) >= 11 is 6.51. The van der Waals surface area contributed by atoms with E-state index in [1.165, 1.54) is 0 Å². The summed E-state index contributed by atoms with van der Waals surface area (Å²) in [5.74, 6) is 0. The first-order valence-corrected chi connectivity index (χ1v) is 28.4. The van der Waals surface area contributed by atoms with E-state index in [0.29, 0.717) is 0 Å². The third-order valence-electron chi connectivity index (χ3n) is 0.222. The second-order valence-electron chi connectivity index (χ2n) is 0.544. The van der Waals surface area contributed by atoms with Gasteiger partial charge in [0.05, 0.1) is 0 Å². The maximum absolute atomic E-state index is 2.33. The van der Waals surface area contributed by atoms with Crippen molar-refractivity contribution in [2.45, 2.75) is 0 Å². The van der Waals surface area contributed by atoms with Gasteiger partial charge in [-0.3, -0.25) is 0 Å². The monoisotopic (exact) mass is 543 g/mol. The Kier molecular flexibility index (Phi) is 9.24. The van der Waals surface area contributed by atoms with Crippen molar-refractivity contribution in [2.24, 2.45) is 0 Å². The second kappa shape index (κ2) is 7.47. The molecule has 1 aliphatic heterocycles. The summed E-state index contributed by atoms with van der Waals surface area (Å²) < 4.78 is 0. The molecule has 0 saturated carbocycles. The molecule has 1 rings (SSSR count). The van der Waals surface area contributed by atoms with Crippen LogP contribution >= 0.6 is 17.2 Å². The van der Waals surface area contributed by atoms with E-state index in [-0.39, 0.29) is 0 Å². The van der Waals surface area contributed by atoms with Crippen LogP contribution in [0.1, 0.15) is 0 Å². The van der Waals surface area contributed by atoms with Crippen molar-refractivity contribution in [3.8, 4) is 0 Å². The Bertz CT molecular complexity index is 30.5. The first-order chi connectivity index (χ1) is 4.00. The summed E-state index contributed by atoms with van der Waals surface area (Å²) in [6.07, 6.45) is 0. The van der Waals surface area contributed by atoms with E-state index in [2.05, 4.69) is 17.2 Å². The predicted octanol–water partition coefficient (Wildman–Crippen LogP) is -0.988. The van der Waals surface area contributed by atoms with Gasteiger partial charge in [-0.25, -0.2) is 0 Å². The van der Waals surface area contributed by atoms with Gasteiger partial charge in [-0.2, -0.15) is 0 Å². The van der Waals surface area contributed by atoms with Crippen LogP contribution in [0.15, 0.2) is 0 Å². The van der Waals surface area contributed by atoms with Gasteiger partial charge in [0.25, 0.3) is 0 Å². The van der Waals surface area contributed by atoms with Crippen LogP contribution in [-0.2, 0) is 0 Å². The van der Waals surface area contributed by atoms with Gasteiger partial charge < -0.3 is 0 Å². The van der Waals surface area contributed by atoms with Crippen LogP contribution < -0.4 is 0 Å². The molecule has 1 fully saturated rings. The van der Waals surface area contributed by atoms with Gasteiger partial charge >= 0.3 is 87.9 Å². The van der Waals surface area contributed by atoms with E-state index in [1.807, 2.05) is 0 Å². The third-order valence-corrected chi connectivity index (χ3v) is 93.5. The molecule has 0 aromatic rings. The molecule has 1 saturated heterocycles. The van der Waals surface area contributed by atoms with Crippen LogP contribution in [0.3, 0.4) is 0 Å². The van der Waals surface area contributed by atoms with E-state index in [4.69, 9.17) is 0 Å². The normalized spacial score (nSPS) is 24.0. The molecular weight excluding hydrogens is 538 g/mol. The summed E-state index contributed by atoms with van der Waals surface area (Å²) in [5, 5.41) is 0. The summed E-state index contributed by atoms with van der Waals surface area (Å²) in [4.78, 5) is 0. The minimum atomic E-state index is 1.07. The predicted molar refractivity (Wildman–Crippen MR) is 49.7 cm³/mol. The number of rotatable bonds is 0. The van der Waals surface area contributed by atoms with E-state index < -0.39 is 0 Å². The van der Waals surface area contributed by atoms with Gasteiger partial charge in [-0.15, -0.1) is 0 Å². The van der Waals surface area contributed by atoms with Crippen molar-refractivity contribution < 1.29 is 0 Å². The Balaban J connectivity index is 2.00. The van der Waals surface area contributed by atoms with Crippen molar-refractivity contribution in [1.29, 1.82) is 0 Å². The zero-order valence-electron chi connectivity index (χ0n) is 3.27.